The highest BCUT2D eigenvalue weighted by molar-refractivity contribution is 7.13. The average Bonchev–Trinajstić information content (AvgIpc) is 3.14. The third-order valence-corrected chi connectivity index (χ3v) is 5.45. The molecule has 0 spiro atoms. The first kappa shape index (κ1) is 17.5. The number of hydrogen-bond donors (Lipinski definition) is 0. The van der Waals surface area contributed by atoms with Gasteiger partial charge in [0.25, 0.3) is 0 Å². The molecule has 2 aromatic carbocycles. The number of aromatic nitrogens is 2. The molecule has 2 aromatic heterocycles. The van der Waals surface area contributed by atoms with E-state index in [9.17, 15) is 0 Å². The zero-order valence-electron chi connectivity index (χ0n) is 15.4. The van der Waals surface area contributed by atoms with E-state index in [0.717, 1.165) is 40.6 Å². The smallest absolute Gasteiger partial charge is 0.186 e. The number of pyridine rings is 1. The first-order valence-corrected chi connectivity index (χ1v) is 9.73. The van der Waals surface area contributed by atoms with Crippen LogP contribution in [0.4, 0.5) is 5.13 Å². The molecule has 0 saturated carbocycles. The molecule has 4 aromatic rings. The number of hydrogen-bond acceptors (Lipinski definition) is 5. The van der Waals surface area contributed by atoms with Gasteiger partial charge in [-0.3, -0.25) is 4.98 Å². The summed E-state index contributed by atoms with van der Waals surface area (Å²) in [7, 11) is 1.70. The maximum absolute atomic E-state index is 5.37. The summed E-state index contributed by atoms with van der Waals surface area (Å²) in [5.41, 5.74) is 4.51. The number of thiazole rings is 1. The van der Waals surface area contributed by atoms with E-state index in [0.29, 0.717) is 0 Å². The van der Waals surface area contributed by atoms with Crippen molar-refractivity contribution >= 4 is 27.4 Å². The summed E-state index contributed by atoms with van der Waals surface area (Å²) in [6, 6.07) is 18.7. The quantitative estimate of drug-likeness (QED) is 0.463. The highest BCUT2D eigenvalue weighted by Crippen LogP contribution is 2.26. The lowest BCUT2D eigenvalue weighted by Gasteiger charge is -2.22. The van der Waals surface area contributed by atoms with E-state index in [4.69, 9.17) is 9.72 Å². The molecule has 0 unspecified atom stereocenters. The third kappa shape index (κ3) is 4.09. The highest BCUT2D eigenvalue weighted by atomic mass is 32.1. The fourth-order valence-electron chi connectivity index (χ4n) is 3.11. The van der Waals surface area contributed by atoms with Crippen molar-refractivity contribution in [3.63, 3.8) is 0 Å². The van der Waals surface area contributed by atoms with Crippen molar-refractivity contribution in [2.24, 2.45) is 0 Å². The number of aryl methyl sites for hydroxylation is 1. The van der Waals surface area contributed by atoms with E-state index in [1.165, 1.54) is 11.1 Å². The predicted molar refractivity (Wildman–Crippen MR) is 111 cm³/mol. The zero-order chi connectivity index (χ0) is 18.6. The molecule has 0 atom stereocenters. The van der Waals surface area contributed by atoms with E-state index in [1.54, 1.807) is 18.4 Å². The molecule has 27 heavy (non-hydrogen) atoms. The molecule has 0 amide bonds. The third-order valence-electron chi connectivity index (χ3n) is 4.43. The molecule has 4 rings (SSSR count). The molecule has 0 bridgehead atoms. The minimum absolute atomic E-state index is 0.773. The topological polar surface area (TPSA) is 38.2 Å². The number of ether oxygens (including phenoxy) is 1. The van der Waals surface area contributed by atoms with Crippen molar-refractivity contribution in [2.45, 2.75) is 20.0 Å². The number of methoxy groups -OCH3 is 1. The summed E-state index contributed by atoms with van der Waals surface area (Å²) in [5, 5.41) is 4.28. The Morgan fingerprint density at radius 3 is 2.63 bits per heavy atom. The van der Waals surface area contributed by atoms with Gasteiger partial charge >= 0.3 is 0 Å². The number of rotatable bonds is 6. The Hall–Kier alpha value is -2.92. The molecule has 2 heterocycles. The Labute approximate surface area is 163 Å². The summed E-state index contributed by atoms with van der Waals surface area (Å²) in [4.78, 5) is 11.4. The maximum Gasteiger partial charge on any atom is 0.186 e. The van der Waals surface area contributed by atoms with E-state index < -0.39 is 0 Å². The van der Waals surface area contributed by atoms with Gasteiger partial charge in [-0.1, -0.05) is 24.3 Å². The largest absolute Gasteiger partial charge is 0.497 e. The van der Waals surface area contributed by atoms with Crippen molar-refractivity contribution in [1.82, 2.24) is 9.97 Å². The van der Waals surface area contributed by atoms with Gasteiger partial charge in [0.05, 0.1) is 18.3 Å². The van der Waals surface area contributed by atoms with Crippen LogP contribution < -0.4 is 9.64 Å². The van der Waals surface area contributed by atoms with Crippen molar-refractivity contribution in [2.75, 3.05) is 12.0 Å². The Balaban J connectivity index is 1.64. The SMILES string of the molecule is COc1cccc(CN(Cc2ccc3ncccc3c2)c2nc(C)cs2)c1. The number of fused-ring (bicyclic) bond motifs is 1. The highest BCUT2D eigenvalue weighted by Gasteiger charge is 2.13. The molecular formula is C22H21N3OS. The van der Waals surface area contributed by atoms with Crippen molar-refractivity contribution < 1.29 is 4.74 Å². The molecule has 0 aliphatic rings. The van der Waals surface area contributed by atoms with Crippen LogP contribution in [-0.4, -0.2) is 17.1 Å². The average molecular weight is 375 g/mol. The molecule has 4 nitrogen and oxygen atoms in total. The van der Waals surface area contributed by atoms with Crippen LogP contribution in [0.2, 0.25) is 0 Å². The van der Waals surface area contributed by atoms with Crippen molar-refractivity contribution in [3.05, 3.63) is 83.0 Å². The standard InChI is InChI=1S/C22H21N3OS/c1-16-15-27-22(24-16)25(13-17-5-3-7-20(12-17)26-2)14-18-8-9-21-19(11-18)6-4-10-23-21/h3-12,15H,13-14H2,1-2H3. The minimum Gasteiger partial charge on any atom is -0.497 e. The fraction of sp³-hybridized carbons (Fsp3) is 0.182. The van der Waals surface area contributed by atoms with Crippen LogP contribution >= 0.6 is 11.3 Å². The Morgan fingerprint density at radius 1 is 1.00 bits per heavy atom. The molecule has 0 fully saturated rings. The van der Waals surface area contributed by atoms with Gasteiger partial charge in [-0.05, 0) is 48.4 Å². The molecule has 0 saturated heterocycles. The first-order chi connectivity index (χ1) is 13.2. The number of nitrogens with zero attached hydrogens (tertiary/aromatic N) is 3. The van der Waals surface area contributed by atoms with Gasteiger partial charge in [0.2, 0.25) is 0 Å². The van der Waals surface area contributed by atoms with Crippen molar-refractivity contribution in [3.8, 4) is 5.75 Å². The summed E-state index contributed by atoms with van der Waals surface area (Å²) < 4.78 is 5.37. The second-order valence-electron chi connectivity index (χ2n) is 6.51. The summed E-state index contributed by atoms with van der Waals surface area (Å²) >= 11 is 1.68. The van der Waals surface area contributed by atoms with E-state index in [1.807, 2.05) is 31.3 Å². The van der Waals surface area contributed by atoms with Gasteiger partial charge in [-0.15, -0.1) is 11.3 Å². The van der Waals surface area contributed by atoms with Crippen LogP contribution in [0.5, 0.6) is 5.75 Å². The summed E-state index contributed by atoms with van der Waals surface area (Å²) in [5.74, 6) is 0.875. The molecule has 0 aliphatic heterocycles. The van der Waals surface area contributed by atoms with Crippen molar-refractivity contribution in [1.29, 1.82) is 0 Å². The van der Waals surface area contributed by atoms with Crippen LogP contribution in [0.25, 0.3) is 10.9 Å². The second kappa shape index (κ2) is 7.76. The second-order valence-corrected chi connectivity index (χ2v) is 7.35. The summed E-state index contributed by atoms with van der Waals surface area (Å²) in [6.45, 7) is 3.59. The molecule has 5 heteroatoms. The van der Waals surface area contributed by atoms with Gasteiger partial charge in [-0.25, -0.2) is 4.98 Å². The van der Waals surface area contributed by atoms with Crippen LogP contribution in [0.15, 0.2) is 66.2 Å². The molecule has 0 aliphatic carbocycles. The maximum atomic E-state index is 5.37. The van der Waals surface area contributed by atoms with Gasteiger partial charge in [-0.2, -0.15) is 0 Å². The summed E-state index contributed by atoms with van der Waals surface area (Å²) in [6.07, 6.45) is 1.83. The lowest BCUT2D eigenvalue weighted by molar-refractivity contribution is 0.414. The van der Waals surface area contributed by atoms with Crippen LogP contribution in [0.1, 0.15) is 16.8 Å². The fourth-order valence-corrected chi connectivity index (χ4v) is 3.92. The minimum atomic E-state index is 0.773. The first-order valence-electron chi connectivity index (χ1n) is 8.85. The van der Waals surface area contributed by atoms with Crippen LogP contribution in [0.3, 0.4) is 0 Å². The Kier molecular flexibility index (Phi) is 5.03. The number of benzene rings is 2. The van der Waals surface area contributed by atoms with Crippen LogP contribution in [0, 0.1) is 6.92 Å². The Morgan fingerprint density at radius 2 is 1.85 bits per heavy atom. The van der Waals surface area contributed by atoms with E-state index >= 15 is 0 Å². The monoisotopic (exact) mass is 375 g/mol. The molecule has 0 radical (unpaired) electrons. The lowest BCUT2D eigenvalue weighted by atomic mass is 10.1. The van der Waals surface area contributed by atoms with Crippen LogP contribution in [-0.2, 0) is 13.1 Å². The zero-order valence-corrected chi connectivity index (χ0v) is 16.2. The van der Waals surface area contributed by atoms with Gasteiger partial charge in [0, 0.05) is 30.1 Å². The lowest BCUT2D eigenvalue weighted by Crippen LogP contribution is -2.22. The number of anilines is 1. The normalized spacial score (nSPS) is 10.9. The van der Waals surface area contributed by atoms with Gasteiger partial charge in [0.1, 0.15) is 5.75 Å². The van der Waals surface area contributed by atoms with Gasteiger partial charge in [0.15, 0.2) is 5.13 Å². The molecule has 136 valence electrons. The van der Waals surface area contributed by atoms with E-state index in [-0.39, 0.29) is 0 Å². The predicted octanol–water partition coefficient (Wildman–Crippen LogP) is 5.22. The van der Waals surface area contributed by atoms with E-state index in [2.05, 4.69) is 51.7 Å². The van der Waals surface area contributed by atoms with Gasteiger partial charge < -0.3 is 9.64 Å². The molecule has 0 N–H and O–H groups in total. The Bertz CT molecular complexity index is 1060. The molecular weight excluding hydrogens is 354 g/mol.